The van der Waals surface area contributed by atoms with Crippen molar-refractivity contribution >= 4 is 0 Å². The number of methoxy groups -OCH3 is 1. The van der Waals surface area contributed by atoms with Crippen LogP contribution in [0.15, 0.2) is 11.0 Å². The number of rotatable bonds is 11. The van der Waals surface area contributed by atoms with Crippen LogP contribution in [0.2, 0.25) is 0 Å². The molecule has 0 aliphatic carbocycles. The Hall–Kier alpha value is -1.36. The minimum absolute atomic E-state index is 0.213. The Balaban J connectivity index is 0.00000254. The first-order valence-corrected chi connectivity index (χ1v) is 9.35. The maximum absolute atomic E-state index is 12.3. The van der Waals surface area contributed by atoms with E-state index in [0.717, 1.165) is 44.1 Å². The number of ether oxygens (including phenoxy) is 2. The maximum Gasteiger partial charge on any atom is 0.351 e. The molecule has 140 valence electrons. The molecule has 0 aromatic carbocycles. The molecule has 0 bridgehead atoms. The van der Waals surface area contributed by atoms with Gasteiger partial charge in [0.15, 0.2) is 0 Å². The van der Waals surface area contributed by atoms with E-state index >= 15 is 0 Å². The fourth-order valence-corrected chi connectivity index (χ4v) is 2.48. The SMILES string of the molecule is CC.CCCCC(CCCC)n1cc(C)c(OCCOC)nc1=O. The highest BCUT2D eigenvalue weighted by molar-refractivity contribution is 5.20. The summed E-state index contributed by atoms with van der Waals surface area (Å²) >= 11 is 0. The molecular weight excluding hydrogens is 304 g/mol. The van der Waals surface area contributed by atoms with Crippen LogP contribution in [0, 0.1) is 6.92 Å². The van der Waals surface area contributed by atoms with Crippen molar-refractivity contribution in [1.82, 2.24) is 9.55 Å². The molecule has 5 heteroatoms. The van der Waals surface area contributed by atoms with Crippen molar-refractivity contribution in [1.29, 1.82) is 0 Å². The van der Waals surface area contributed by atoms with E-state index in [1.165, 1.54) is 0 Å². The second-order valence-electron chi connectivity index (χ2n) is 5.70. The second-order valence-corrected chi connectivity index (χ2v) is 5.70. The van der Waals surface area contributed by atoms with E-state index in [9.17, 15) is 4.79 Å². The van der Waals surface area contributed by atoms with Gasteiger partial charge in [-0.15, -0.1) is 0 Å². The van der Waals surface area contributed by atoms with Gasteiger partial charge in [-0.25, -0.2) is 4.79 Å². The summed E-state index contributed by atoms with van der Waals surface area (Å²) in [5, 5.41) is 0. The molecule has 24 heavy (non-hydrogen) atoms. The first kappa shape index (κ1) is 22.6. The zero-order valence-electron chi connectivity index (χ0n) is 16.4. The minimum atomic E-state index is -0.213. The van der Waals surface area contributed by atoms with Gasteiger partial charge in [-0.1, -0.05) is 53.4 Å². The third-order valence-corrected chi connectivity index (χ3v) is 3.79. The summed E-state index contributed by atoms with van der Waals surface area (Å²) in [4.78, 5) is 16.4. The Kier molecular flexibility index (Phi) is 13.2. The number of hydrogen-bond donors (Lipinski definition) is 0. The van der Waals surface area contributed by atoms with Crippen LogP contribution in [0.1, 0.15) is 77.8 Å². The number of aryl methyl sites for hydroxylation is 1. The Morgan fingerprint density at radius 2 is 1.71 bits per heavy atom. The van der Waals surface area contributed by atoms with Crippen LogP contribution >= 0.6 is 0 Å². The van der Waals surface area contributed by atoms with Crippen LogP contribution in [0.4, 0.5) is 0 Å². The van der Waals surface area contributed by atoms with Gasteiger partial charge < -0.3 is 9.47 Å². The van der Waals surface area contributed by atoms with E-state index in [1.807, 2.05) is 27.0 Å². The van der Waals surface area contributed by atoms with Gasteiger partial charge in [0.1, 0.15) is 6.61 Å². The number of aromatic nitrogens is 2. The molecule has 0 radical (unpaired) electrons. The van der Waals surface area contributed by atoms with Crippen LogP contribution in [0.5, 0.6) is 5.88 Å². The molecule has 0 N–H and O–H groups in total. The molecule has 0 saturated carbocycles. The van der Waals surface area contributed by atoms with E-state index in [0.29, 0.717) is 19.1 Å². The predicted molar refractivity (Wildman–Crippen MR) is 100 cm³/mol. The lowest BCUT2D eigenvalue weighted by molar-refractivity contribution is 0.142. The van der Waals surface area contributed by atoms with Crippen LogP contribution < -0.4 is 10.4 Å². The lowest BCUT2D eigenvalue weighted by atomic mass is 10.0. The summed E-state index contributed by atoms with van der Waals surface area (Å²) in [6.45, 7) is 11.2. The van der Waals surface area contributed by atoms with Crippen LogP contribution in [-0.2, 0) is 4.74 Å². The molecule has 1 aromatic rings. The molecule has 1 aromatic heterocycles. The fourth-order valence-electron chi connectivity index (χ4n) is 2.48. The van der Waals surface area contributed by atoms with Gasteiger partial charge in [0.25, 0.3) is 0 Å². The third-order valence-electron chi connectivity index (χ3n) is 3.79. The Morgan fingerprint density at radius 3 is 2.21 bits per heavy atom. The smallest absolute Gasteiger partial charge is 0.351 e. The zero-order chi connectivity index (χ0) is 18.4. The summed E-state index contributed by atoms with van der Waals surface area (Å²) < 4.78 is 12.2. The molecule has 0 aliphatic heterocycles. The molecule has 0 unspecified atom stereocenters. The van der Waals surface area contributed by atoms with E-state index in [4.69, 9.17) is 9.47 Å². The molecule has 5 nitrogen and oxygen atoms in total. The van der Waals surface area contributed by atoms with Crippen molar-refractivity contribution in [3.05, 3.63) is 22.2 Å². The lowest BCUT2D eigenvalue weighted by Gasteiger charge is -2.20. The molecule has 0 amide bonds. The number of unbranched alkanes of at least 4 members (excludes halogenated alkanes) is 2. The van der Waals surface area contributed by atoms with Gasteiger partial charge in [-0.2, -0.15) is 4.98 Å². The van der Waals surface area contributed by atoms with Gasteiger partial charge in [-0.3, -0.25) is 4.57 Å². The Labute approximate surface area is 147 Å². The topological polar surface area (TPSA) is 53.4 Å². The lowest BCUT2D eigenvalue weighted by Crippen LogP contribution is -2.28. The molecule has 1 rings (SSSR count). The standard InChI is InChI=1S/C17H30N2O3.C2H6/c1-5-7-9-15(10-8-6-2)19-13-14(3)16(18-17(19)20)22-12-11-21-4;1-2/h13,15H,5-12H2,1-4H3;1-2H3. The highest BCUT2D eigenvalue weighted by Gasteiger charge is 2.15. The summed E-state index contributed by atoms with van der Waals surface area (Å²) in [6, 6.07) is 0.242. The van der Waals surface area contributed by atoms with Crippen LogP contribution in [0.3, 0.4) is 0 Å². The molecule has 0 saturated heterocycles. The van der Waals surface area contributed by atoms with E-state index in [2.05, 4.69) is 18.8 Å². The third kappa shape index (κ3) is 7.95. The minimum Gasteiger partial charge on any atom is -0.475 e. The number of nitrogens with zero attached hydrogens (tertiary/aromatic N) is 2. The van der Waals surface area contributed by atoms with Crippen molar-refractivity contribution in [2.24, 2.45) is 0 Å². The molecule has 0 fully saturated rings. The van der Waals surface area contributed by atoms with E-state index in [1.54, 1.807) is 11.7 Å². The van der Waals surface area contributed by atoms with Crippen molar-refractivity contribution in [2.45, 2.75) is 79.2 Å². The second kappa shape index (κ2) is 14.0. The summed E-state index contributed by atoms with van der Waals surface area (Å²) in [7, 11) is 1.62. The fraction of sp³-hybridized carbons (Fsp3) is 0.789. The van der Waals surface area contributed by atoms with Gasteiger partial charge in [0.05, 0.1) is 6.61 Å². The normalized spacial score (nSPS) is 10.5. The Morgan fingerprint density at radius 1 is 1.12 bits per heavy atom. The Bertz CT molecular complexity index is 478. The quantitative estimate of drug-likeness (QED) is 0.556. The highest BCUT2D eigenvalue weighted by atomic mass is 16.5. The monoisotopic (exact) mass is 340 g/mol. The van der Waals surface area contributed by atoms with Gasteiger partial charge in [-0.05, 0) is 19.8 Å². The summed E-state index contributed by atoms with van der Waals surface area (Å²) in [5.74, 6) is 0.419. The van der Waals surface area contributed by atoms with Crippen molar-refractivity contribution in [3.63, 3.8) is 0 Å². The van der Waals surface area contributed by atoms with Crippen LogP contribution in [0.25, 0.3) is 0 Å². The van der Waals surface area contributed by atoms with Crippen molar-refractivity contribution < 1.29 is 9.47 Å². The zero-order valence-corrected chi connectivity index (χ0v) is 16.4. The van der Waals surface area contributed by atoms with Crippen molar-refractivity contribution in [3.8, 4) is 5.88 Å². The molecule has 0 atom stereocenters. The molecular formula is C19H36N2O3. The van der Waals surface area contributed by atoms with E-state index < -0.39 is 0 Å². The summed E-state index contributed by atoms with van der Waals surface area (Å²) in [5.41, 5.74) is 0.684. The highest BCUT2D eigenvalue weighted by Crippen LogP contribution is 2.22. The summed E-state index contributed by atoms with van der Waals surface area (Å²) in [6.07, 6.45) is 8.50. The van der Waals surface area contributed by atoms with Gasteiger partial charge >= 0.3 is 5.69 Å². The van der Waals surface area contributed by atoms with Crippen molar-refractivity contribution in [2.75, 3.05) is 20.3 Å². The maximum atomic E-state index is 12.3. The average molecular weight is 341 g/mol. The largest absolute Gasteiger partial charge is 0.475 e. The van der Waals surface area contributed by atoms with E-state index in [-0.39, 0.29) is 11.7 Å². The van der Waals surface area contributed by atoms with Gasteiger partial charge in [0, 0.05) is 24.9 Å². The first-order chi connectivity index (χ1) is 11.6. The number of hydrogen-bond acceptors (Lipinski definition) is 4. The van der Waals surface area contributed by atoms with Gasteiger partial charge in [0.2, 0.25) is 5.88 Å². The molecule has 1 heterocycles. The molecule has 0 aliphatic rings. The average Bonchev–Trinajstić information content (AvgIpc) is 2.60. The first-order valence-electron chi connectivity index (χ1n) is 9.35. The van der Waals surface area contributed by atoms with Crippen LogP contribution in [-0.4, -0.2) is 29.9 Å². The predicted octanol–water partition coefficient (Wildman–Crippen LogP) is 4.52. The molecule has 0 spiro atoms.